The highest BCUT2D eigenvalue weighted by Gasteiger charge is 2.04. The number of carbonyl (C=O) groups is 2. The van der Waals surface area contributed by atoms with Crippen molar-refractivity contribution in [1.29, 1.82) is 0 Å². The zero-order chi connectivity index (χ0) is 13.2. The van der Waals surface area contributed by atoms with Crippen molar-refractivity contribution in [3.8, 4) is 0 Å². The Bertz CT molecular complexity index is 376. The number of benzene rings is 1. The highest BCUT2D eigenvalue weighted by atomic mass is 16.5. The molecule has 1 rings (SSSR count). The van der Waals surface area contributed by atoms with E-state index in [1.54, 1.807) is 0 Å². The van der Waals surface area contributed by atoms with E-state index in [1.807, 2.05) is 37.3 Å². The van der Waals surface area contributed by atoms with Crippen LogP contribution in [0.1, 0.15) is 31.7 Å². The minimum Gasteiger partial charge on any atom is -0.449 e. The third-order valence-corrected chi connectivity index (χ3v) is 2.42. The number of rotatable bonds is 7. The monoisotopic (exact) mass is 249 g/mol. The molecule has 1 aromatic rings. The van der Waals surface area contributed by atoms with Gasteiger partial charge < -0.3 is 10.1 Å². The van der Waals surface area contributed by atoms with E-state index < -0.39 is 6.09 Å². The Hall–Kier alpha value is -1.84. The molecule has 1 N–H and O–H groups in total. The van der Waals surface area contributed by atoms with E-state index in [0.717, 1.165) is 12.0 Å². The topological polar surface area (TPSA) is 55.4 Å². The highest BCUT2D eigenvalue weighted by molar-refractivity contribution is 5.78. The van der Waals surface area contributed by atoms with Crippen LogP contribution in [0.4, 0.5) is 4.79 Å². The third kappa shape index (κ3) is 6.03. The number of hydrogen-bond donors (Lipinski definition) is 1. The van der Waals surface area contributed by atoms with Gasteiger partial charge in [-0.3, -0.25) is 4.79 Å². The summed E-state index contributed by atoms with van der Waals surface area (Å²) in [6.45, 7) is 2.54. The first kappa shape index (κ1) is 14.2. The summed E-state index contributed by atoms with van der Waals surface area (Å²) >= 11 is 0. The Morgan fingerprint density at radius 3 is 2.56 bits per heavy atom. The second-order valence-electron chi connectivity index (χ2n) is 4.01. The fourth-order valence-corrected chi connectivity index (χ4v) is 1.48. The van der Waals surface area contributed by atoms with Crippen molar-refractivity contribution in [2.75, 3.05) is 6.61 Å². The Morgan fingerprint density at radius 2 is 1.89 bits per heavy atom. The van der Waals surface area contributed by atoms with Gasteiger partial charge in [-0.1, -0.05) is 37.3 Å². The van der Waals surface area contributed by atoms with Crippen LogP contribution in [0.25, 0.3) is 0 Å². The van der Waals surface area contributed by atoms with Crippen LogP contribution in [0.3, 0.4) is 0 Å². The van der Waals surface area contributed by atoms with Gasteiger partial charge in [0, 0.05) is 19.4 Å². The Balaban J connectivity index is 2.13. The van der Waals surface area contributed by atoms with Crippen molar-refractivity contribution >= 4 is 11.9 Å². The third-order valence-electron chi connectivity index (χ3n) is 2.42. The number of amides is 1. The predicted molar refractivity (Wildman–Crippen MR) is 69.2 cm³/mol. The molecule has 1 amide bonds. The lowest BCUT2D eigenvalue weighted by Gasteiger charge is -2.06. The molecule has 0 spiro atoms. The van der Waals surface area contributed by atoms with Gasteiger partial charge in [-0.15, -0.1) is 0 Å². The van der Waals surface area contributed by atoms with Gasteiger partial charge in [0.1, 0.15) is 12.4 Å². The molecular weight excluding hydrogens is 230 g/mol. The van der Waals surface area contributed by atoms with Gasteiger partial charge >= 0.3 is 6.09 Å². The number of Topliss-reactive ketones (excluding diaryl/α,β-unsaturated/α-hetero) is 1. The van der Waals surface area contributed by atoms with E-state index in [-0.39, 0.29) is 12.4 Å². The molecule has 0 unspecified atom stereocenters. The molecule has 0 bridgehead atoms. The van der Waals surface area contributed by atoms with E-state index >= 15 is 0 Å². The van der Waals surface area contributed by atoms with Gasteiger partial charge in [-0.25, -0.2) is 4.79 Å². The zero-order valence-electron chi connectivity index (χ0n) is 10.6. The van der Waals surface area contributed by atoms with Crippen LogP contribution in [0.2, 0.25) is 0 Å². The fraction of sp³-hybridized carbons (Fsp3) is 0.429. The van der Waals surface area contributed by atoms with E-state index in [4.69, 9.17) is 4.74 Å². The Labute approximate surface area is 107 Å². The standard InChI is InChI=1S/C14H19NO3/c1-2-6-13(16)9-10-18-14(17)15-11-12-7-4-3-5-8-12/h3-5,7-8H,2,6,9-11H2,1H3,(H,15,17). The van der Waals surface area contributed by atoms with Crippen molar-refractivity contribution in [3.05, 3.63) is 35.9 Å². The van der Waals surface area contributed by atoms with Crippen molar-refractivity contribution in [1.82, 2.24) is 5.32 Å². The quantitative estimate of drug-likeness (QED) is 0.808. The largest absolute Gasteiger partial charge is 0.449 e. The maximum absolute atomic E-state index is 11.3. The average Bonchev–Trinajstić information content (AvgIpc) is 2.38. The van der Waals surface area contributed by atoms with E-state index in [2.05, 4.69) is 5.32 Å². The van der Waals surface area contributed by atoms with E-state index in [9.17, 15) is 9.59 Å². The molecule has 0 aromatic heterocycles. The van der Waals surface area contributed by atoms with Crippen LogP contribution < -0.4 is 5.32 Å². The molecule has 0 fully saturated rings. The summed E-state index contributed by atoms with van der Waals surface area (Å²) < 4.78 is 4.91. The van der Waals surface area contributed by atoms with Crippen LogP contribution in [0, 0.1) is 0 Å². The van der Waals surface area contributed by atoms with Gasteiger partial charge in [0.25, 0.3) is 0 Å². The predicted octanol–water partition coefficient (Wildman–Crippen LogP) is 2.67. The van der Waals surface area contributed by atoms with Gasteiger partial charge in [0.05, 0.1) is 0 Å². The highest BCUT2D eigenvalue weighted by Crippen LogP contribution is 1.98. The fourth-order valence-electron chi connectivity index (χ4n) is 1.48. The molecule has 0 aliphatic carbocycles. The van der Waals surface area contributed by atoms with Crippen LogP contribution in [-0.2, 0) is 16.1 Å². The molecule has 0 atom stereocenters. The van der Waals surface area contributed by atoms with Crippen LogP contribution in [0.15, 0.2) is 30.3 Å². The minimum absolute atomic E-state index is 0.133. The molecule has 18 heavy (non-hydrogen) atoms. The average molecular weight is 249 g/mol. The molecule has 0 aliphatic heterocycles. The molecule has 4 heteroatoms. The second kappa shape index (κ2) is 8.28. The maximum Gasteiger partial charge on any atom is 0.407 e. The summed E-state index contributed by atoms with van der Waals surface area (Å²) in [5.74, 6) is 0.133. The maximum atomic E-state index is 11.3. The summed E-state index contributed by atoms with van der Waals surface area (Å²) in [6, 6.07) is 9.58. The number of ether oxygens (including phenoxy) is 1. The molecule has 98 valence electrons. The Kier molecular flexibility index (Phi) is 6.54. The first-order chi connectivity index (χ1) is 8.72. The smallest absolute Gasteiger partial charge is 0.407 e. The van der Waals surface area contributed by atoms with E-state index in [1.165, 1.54) is 0 Å². The summed E-state index contributed by atoms with van der Waals surface area (Å²) in [5.41, 5.74) is 1.01. The second-order valence-corrected chi connectivity index (χ2v) is 4.01. The summed E-state index contributed by atoms with van der Waals surface area (Å²) in [7, 11) is 0. The molecular formula is C14H19NO3. The van der Waals surface area contributed by atoms with E-state index in [0.29, 0.717) is 19.4 Å². The van der Waals surface area contributed by atoms with Crippen molar-refractivity contribution in [3.63, 3.8) is 0 Å². The number of nitrogens with one attached hydrogen (secondary N) is 1. The lowest BCUT2D eigenvalue weighted by molar-refractivity contribution is -0.119. The SMILES string of the molecule is CCCC(=O)CCOC(=O)NCc1ccccc1. The number of alkyl carbamates (subject to hydrolysis) is 1. The van der Waals surface area contributed by atoms with Gasteiger partial charge in [-0.05, 0) is 12.0 Å². The molecule has 4 nitrogen and oxygen atoms in total. The molecule has 0 saturated heterocycles. The minimum atomic E-state index is -0.483. The van der Waals surface area contributed by atoms with Crippen LogP contribution >= 0.6 is 0 Å². The van der Waals surface area contributed by atoms with Crippen LogP contribution in [-0.4, -0.2) is 18.5 Å². The lowest BCUT2D eigenvalue weighted by Crippen LogP contribution is -2.24. The number of ketones is 1. The normalized spacial score (nSPS) is 9.83. The van der Waals surface area contributed by atoms with Gasteiger partial charge in [-0.2, -0.15) is 0 Å². The summed E-state index contributed by atoms with van der Waals surface area (Å²) in [6.07, 6.45) is 1.20. The van der Waals surface area contributed by atoms with Crippen molar-refractivity contribution in [2.45, 2.75) is 32.7 Å². The molecule has 0 radical (unpaired) electrons. The van der Waals surface area contributed by atoms with Crippen molar-refractivity contribution in [2.24, 2.45) is 0 Å². The number of carbonyl (C=O) groups excluding carboxylic acids is 2. The van der Waals surface area contributed by atoms with Gasteiger partial charge in [0.15, 0.2) is 0 Å². The first-order valence-electron chi connectivity index (χ1n) is 6.18. The molecule has 0 aliphatic rings. The molecule has 0 heterocycles. The molecule has 1 aromatic carbocycles. The van der Waals surface area contributed by atoms with Crippen molar-refractivity contribution < 1.29 is 14.3 Å². The molecule has 0 saturated carbocycles. The summed E-state index contributed by atoms with van der Waals surface area (Å²) in [5, 5.41) is 2.63. The Morgan fingerprint density at radius 1 is 1.17 bits per heavy atom. The van der Waals surface area contributed by atoms with Gasteiger partial charge in [0.2, 0.25) is 0 Å². The summed E-state index contributed by atoms with van der Waals surface area (Å²) in [4.78, 5) is 22.5. The number of hydrogen-bond acceptors (Lipinski definition) is 3. The lowest BCUT2D eigenvalue weighted by atomic mass is 10.2. The zero-order valence-corrected chi connectivity index (χ0v) is 10.6. The first-order valence-corrected chi connectivity index (χ1v) is 6.18. The van der Waals surface area contributed by atoms with Crippen LogP contribution in [0.5, 0.6) is 0 Å².